The molecule has 1 aromatic carbocycles. The molecule has 7 heteroatoms. The molecule has 1 atom stereocenters. The Kier molecular flexibility index (Phi) is 5.03. The molecule has 2 aromatic rings. The maximum absolute atomic E-state index is 12.5. The van der Waals surface area contributed by atoms with Crippen LogP contribution in [0.5, 0.6) is 0 Å². The molecule has 0 spiro atoms. The number of likely N-dealkylation sites (tertiary alicyclic amines) is 1. The molecule has 0 bridgehead atoms. The molecule has 25 heavy (non-hydrogen) atoms. The van der Waals surface area contributed by atoms with Gasteiger partial charge in [-0.05, 0) is 24.5 Å². The van der Waals surface area contributed by atoms with Crippen LogP contribution in [0.15, 0.2) is 47.5 Å². The molecule has 2 heterocycles. The van der Waals surface area contributed by atoms with E-state index in [0.717, 1.165) is 18.4 Å². The summed E-state index contributed by atoms with van der Waals surface area (Å²) < 4.78 is 23.8. The molecule has 132 valence electrons. The van der Waals surface area contributed by atoms with Gasteiger partial charge in [0.25, 0.3) is 0 Å². The molecule has 1 aliphatic rings. The van der Waals surface area contributed by atoms with Crippen LogP contribution < -0.4 is 0 Å². The van der Waals surface area contributed by atoms with Gasteiger partial charge in [0.1, 0.15) is 4.90 Å². The van der Waals surface area contributed by atoms with Gasteiger partial charge in [-0.25, -0.2) is 8.42 Å². The number of amides is 1. The highest BCUT2D eigenvalue weighted by atomic mass is 32.2. The summed E-state index contributed by atoms with van der Waals surface area (Å²) in [5, 5.41) is 6.70. The van der Waals surface area contributed by atoms with Crippen molar-refractivity contribution in [3.8, 4) is 0 Å². The topological polar surface area (TPSA) is 83.1 Å². The molecule has 1 aliphatic heterocycles. The molecule has 1 saturated heterocycles. The summed E-state index contributed by atoms with van der Waals surface area (Å²) in [4.78, 5) is 14.5. The first-order valence-electron chi connectivity index (χ1n) is 8.20. The van der Waals surface area contributed by atoms with Gasteiger partial charge in [-0.2, -0.15) is 5.10 Å². The van der Waals surface area contributed by atoms with Crippen molar-refractivity contribution >= 4 is 21.8 Å². The largest absolute Gasteiger partial charge is 0.338 e. The Morgan fingerprint density at radius 1 is 1.32 bits per heavy atom. The predicted octanol–water partition coefficient (Wildman–Crippen LogP) is 2.23. The highest BCUT2D eigenvalue weighted by Crippen LogP contribution is 2.29. The van der Waals surface area contributed by atoms with Crippen molar-refractivity contribution < 1.29 is 13.2 Å². The van der Waals surface area contributed by atoms with Gasteiger partial charge < -0.3 is 4.90 Å². The number of nitrogens with zero attached hydrogens (tertiary/aromatic N) is 2. The summed E-state index contributed by atoms with van der Waals surface area (Å²) >= 11 is 0. The lowest BCUT2D eigenvalue weighted by Crippen LogP contribution is -2.38. The first kappa shape index (κ1) is 17.4. The number of carbonyl (C=O) groups is 1. The van der Waals surface area contributed by atoms with Crippen molar-refractivity contribution in [2.24, 2.45) is 0 Å². The normalized spacial score (nSPS) is 18.6. The zero-order valence-corrected chi connectivity index (χ0v) is 14.9. The van der Waals surface area contributed by atoms with E-state index < -0.39 is 9.84 Å². The third kappa shape index (κ3) is 4.17. The van der Waals surface area contributed by atoms with E-state index in [1.807, 2.05) is 30.3 Å². The van der Waals surface area contributed by atoms with Crippen molar-refractivity contribution in [3.05, 3.63) is 53.9 Å². The van der Waals surface area contributed by atoms with Crippen LogP contribution >= 0.6 is 0 Å². The smallest absolute Gasteiger partial charge is 0.246 e. The highest BCUT2D eigenvalue weighted by molar-refractivity contribution is 7.90. The molecule has 6 nitrogen and oxygen atoms in total. The maximum atomic E-state index is 12.5. The lowest BCUT2D eigenvalue weighted by molar-refractivity contribution is -0.127. The van der Waals surface area contributed by atoms with E-state index in [-0.39, 0.29) is 16.7 Å². The Hall–Kier alpha value is -2.41. The van der Waals surface area contributed by atoms with Gasteiger partial charge in [0.05, 0.1) is 11.9 Å². The molecule has 0 radical (unpaired) electrons. The van der Waals surface area contributed by atoms with E-state index in [1.54, 1.807) is 17.1 Å². The number of benzene rings is 1. The lowest BCUT2D eigenvalue weighted by atomic mass is 9.95. The first-order chi connectivity index (χ1) is 11.9. The Balaban J connectivity index is 1.72. The number of carbonyl (C=O) groups excluding carboxylic acids is 1. The van der Waals surface area contributed by atoms with Crippen LogP contribution in [0.25, 0.3) is 6.08 Å². The second kappa shape index (κ2) is 7.23. The summed E-state index contributed by atoms with van der Waals surface area (Å²) in [5.41, 5.74) is 1.57. The van der Waals surface area contributed by atoms with Crippen LogP contribution in [0.3, 0.4) is 0 Å². The van der Waals surface area contributed by atoms with E-state index in [1.165, 1.54) is 12.5 Å². The molecule has 1 fully saturated rings. The van der Waals surface area contributed by atoms with Crippen molar-refractivity contribution in [3.63, 3.8) is 0 Å². The fourth-order valence-corrected chi connectivity index (χ4v) is 3.98. The lowest BCUT2D eigenvalue weighted by Gasteiger charge is -2.31. The average Bonchev–Trinajstić information content (AvgIpc) is 3.11. The maximum Gasteiger partial charge on any atom is 0.246 e. The average molecular weight is 359 g/mol. The van der Waals surface area contributed by atoms with Gasteiger partial charge in [0, 0.05) is 31.3 Å². The van der Waals surface area contributed by atoms with Gasteiger partial charge >= 0.3 is 0 Å². The second-order valence-corrected chi connectivity index (χ2v) is 8.27. The number of nitrogens with one attached hydrogen (secondary N) is 1. The number of hydrogen-bond acceptors (Lipinski definition) is 4. The minimum absolute atomic E-state index is 0.0462. The molecule has 3 rings (SSSR count). The first-order valence-corrected chi connectivity index (χ1v) is 10.1. The van der Waals surface area contributed by atoms with Crippen LogP contribution in [-0.2, 0) is 14.6 Å². The van der Waals surface area contributed by atoms with Gasteiger partial charge in [0.2, 0.25) is 5.91 Å². The Morgan fingerprint density at radius 2 is 2.08 bits per heavy atom. The molecule has 0 unspecified atom stereocenters. The van der Waals surface area contributed by atoms with Crippen molar-refractivity contribution in [2.45, 2.75) is 23.7 Å². The number of piperidine rings is 1. The number of aromatic amines is 1. The monoisotopic (exact) mass is 359 g/mol. The minimum atomic E-state index is -3.33. The van der Waals surface area contributed by atoms with Crippen LogP contribution in [-0.4, -0.2) is 48.8 Å². The van der Waals surface area contributed by atoms with Crippen LogP contribution in [0.2, 0.25) is 0 Å². The third-order valence-corrected chi connectivity index (χ3v) is 5.52. The van der Waals surface area contributed by atoms with Crippen molar-refractivity contribution in [1.29, 1.82) is 0 Å². The molecule has 1 aromatic heterocycles. The summed E-state index contributed by atoms with van der Waals surface area (Å²) in [7, 11) is -3.33. The van der Waals surface area contributed by atoms with Gasteiger partial charge in [-0.3, -0.25) is 9.89 Å². The Bertz CT molecular complexity index is 872. The van der Waals surface area contributed by atoms with E-state index in [4.69, 9.17) is 0 Å². The third-order valence-electron chi connectivity index (χ3n) is 4.39. The SMILES string of the molecule is CS(=O)(=O)c1cn[nH]c1[C@@H]1CCCN(C(=O)/C=C/c2ccccc2)C1. The van der Waals surface area contributed by atoms with Gasteiger partial charge in [0.15, 0.2) is 9.84 Å². The fraction of sp³-hybridized carbons (Fsp3) is 0.333. The molecular formula is C18H21N3O3S. The fourth-order valence-electron chi connectivity index (χ4n) is 3.12. The minimum Gasteiger partial charge on any atom is -0.338 e. The zero-order chi connectivity index (χ0) is 17.9. The predicted molar refractivity (Wildman–Crippen MR) is 95.7 cm³/mol. The standard InChI is InChI=1S/C18H21N3O3S/c1-25(23,24)16-12-19-20-18(16)15-8-5-11-21(13-15)17(22)10-9-14-6-3-2-4-7-14/h2-4,6-7,9-10,12,15H,5,8,11,13H2,1H3,(H,19,20)/b10-9+/t15-/m1/s1. The molecule has 0 aliphatic carbocycles. The van der Waals surface area contributed by atoms with E-state index in [0.29, 0.717) is 18.8 Å². The molecule has 0 saturated carbocycles. The van der Waals surface area contributed by atoms with Gasteiger partial charge in [-0.15, -0.1) is 0 Å². The highest BCUT2D eigenvalue weighted by Gasteiger charge is 2.29. The van der Waals surface area contributed by atoms with Crippen molar-refractivity contribution in [1.82, 2.24) is 15.1 Å². The molecular weight excluding hydrogens is 338 g/mol. The summed E-state index contributed by atoms with van der Waals surface area (Å²) in [5.74, 6) is -0.107. The van der Waals surface area contributed by atoms with E-state index in [2.05, 4.69) is 10.2 Å². The quantitative estimate of drug-likeness (QED) is 0.849. The van der Waals surface area contributed by atoms with Crippen molar-refractivity contribution in [2.75, 3.05) is 19.3 Å². The Labute approximate surface area is 147 Å². The van der Waals surface area contributed by atoms with E-state index in [9.17, 15) is 13.2 Å². The van der Waals surface area contributed by atoms with Crippen LogP contribution in [0.1, 0.15) is 30.0 Å². The van der Waals surface area contributed by atoms with E-state index >= 15 is 0 Å². The summed E-state index contributed by atoms with van der Waals surface area (Å²) in [6.45, 7) is 1.17. The molecule has 1 amide bonds. The van der Waals surface area contributed by atoms with Gasteiger partial charge in [-0.1, -0.05) is 30.3 Å². The summed E-state index contributed by atoms with van der Waals surface area (Å²) in [6.07, 6.45) is 7.55. The second-order valence-electron chi connectivity index (χ2n) is 6.29. The number of hydrogen-bond donors (Lipinski definition) is 1. The number of sulfone groups is 1. The number of H-pyrrole nitrogens is 1. The molecule has 1 N–H and O–H groups in total. The van der Waals surface area contributed by atoms with Crippen LogP contribution in [0.4, 0.5) is 0 Å². The Morgan fingerprint density at radius 3 is 2.80 bits per heavy atom. The van der Waals surface area contributed by atoms with Crippen LogP contribution in [0, 0.1) is 0 Å². The number of aromatic nitrogens is 2. The summed E-state index contributed by atoms with van der Waals surface area (Å²) in [6, 6.07) is 9.65. The zero-order valence-electron chi connectivity index (χ0n) is 14.1. The number of rotatable bonds is 4.